The molecule has 0 aliphatic heterocycles. The maximum atomic E-state index is 11.3. The predicted octanol–water partition coefficient (Wildman–Crippen LogP) is 0.361. The average molecular weight is 217 g/mol. The lowest BCUT2D eigenvalue weighted by Gasteiger charge is -2.03. The molecule has 80 valence electrons. The number of hydrogen-bond donors (Lipinski definition) is 2. The van der Waals surface area contributed by atoms with Gasteiger partial charge in [-0.1, -0.05) is 24.3 Å². The number of carbonyl (C=O) groups excluding carboxylic acids is 1. The average Bonchev–Trinajstić information content (AvgIpc) is 2.27. The van der Waals surface area contributed by atoms with Crippen LogP contribution in [0, 0.1) is 0 Å². The minimum absolute atomic E-state index is 0.0341. The predicted molar refractivity (Wildman–Crippen MR) is 57.4 cm³/mol. The van der Waals surface area contributed by atoms with Crippen molar-refractivity contribution in [2.24, 2.45) is 0 Å². The fraction of sp³-hybridized carbons (Fsp3) is 0. The molecular weight excluding hydrogens is 209 g/mol. The molecule has 0 atom stereocenters. The van der Waals surface area contributed by atoms with Gasteiger partial charge in [-0.05, 0) is 12.1 Å². The number of rotatable bonds is 2. The molecule has 0 radical (unpaired) electrons. The van der Waals surface area contributed by atoms with E-state index in [0.29, 0.717) is 5.52 Å². The molecule has 0 amide bonds. The molecule has 1 aromatic carbocycles. The van der Waals surface area contributed by atoms with Crippen molar-refractivity contribution in [1.29, 1.82) is 0 Å². The molecule has 2 N–H and O–H groups in total. The summed E-state index contributed by atoms with van der Waals surface area (Å²) in [6.07, 6.45) is 0. The van der Waals surface area contributed by atoms with E-state index in [4.69, 9.17) is 10.0 Å². The molecule has 0 bridgehead atoms. The molecule has 2 aromatic rings. The summed E-state index contributed by atoms with van der Waals surface area (Å²) in [5.74, 6) is -0.874. The largest absolute Gasteiger partial charge is 0.709 e. The Hall–Kier alpha value is -1.92. The van der Waals surface area contributed by atoms with Crippen LogP contribution in [-0.2, 0) is 4.65 Å². The van der Waals surface area contributed by atoms with Gasteiger partial charge in [-0.25, -0.2) is 9.78 Å². The Kier molecular flexibility index (Phi) is 2.85. The zero-order chi connectivity index (χ0) is 11.5. The molecule has 5 nitrogen and oxygen atoms in total. The van der Waals surface area contributed by atoms with Gasteiger partial charge in [-0.2, -0.15) is 0 Å². The van der Waals surface area contributed by atoms with Crippen LogP contribution < -0.4 is 0 Å². The highest BCUT2D eigenvalue weighted by molar-refractivity contribution is 6.36. The Bertz CT molecular complexity index is 529. The van der Waals surface area contributed by atoms with Crippen LogP contribution in [0.4, 0.5) is 0 Å². The molecule has 1 heterocycles. The van der Waals surface area contributed by atoms with Crippen molar-refractivity contribution < 1.29 is 19.5 Å². The van der Waals surface area contributed by atoms with Crippen molar-refractivity contribution in [3.8, 4) is 0 Å². The maximum absolute atomic E-state index is 11.3. The number of para-hydroxylation sites is 1. The molecule has 0 aliphatic carbocycles. The van der Waals surface area contributed by atoms with Gasteiger partial charge in [0.25, 0.3) is 0 Å². The monoisotopic (exact) mass is 217 g/mol. The number of benzene rings is 1. The maximum Gasteiger partial charge on any atom is 0.709 e. The van der Waals surface area contributed by atoms with Crippen LogP contribution in [0.1, 0.15) is 10.5 Å². The van der Waals surface area contributed by atoms with E-state index < -0.39 is 13.3 Å². The van der Waals surface area contributed by atoms with Crippen LogP contribution in [0.3, 0.4) is 0 Å². The summed E-state index contributed by atoms with van der Waals surface area (Å²) < 4.78 is 4.19. The normalized spacial score (nSPS) is 10.1. The van der Waals surface area contributed by atoms with E-state index in [1.807, 2.05) is 12.1 Å². The summed E-state index contributed by atoms with van der Waals surface area (Å²) in [7, 11) is -2.12. The van der Waals surface area contributed by atoms with Crippen molar-refractivity contribution >= 4 is 24.2 Å². The molecule has 2 rings (SSSR count). The minimum Gasteiger partial charge on any atom is -0.480 e. The van der Waals surface area contributed by atoms with Gasteiger partial charge < -0.3 is 14.7 Å². The zero-order valence-electron chi connectivity index (χ0n) is 8.20. The standard InChI is InChI=1S/C10H8BNO4/c13-10(16-11(14)15)9-6-5-7-3-1-2-4-8(7)12-9/h1-6,14-15H. The van der Waals surface area contributed by atoms with Crippen molar-refractivity contribution in [3.63, 3.8) is 0 Å². The van der Waals surface area contributed by atoms with Crippen molar-refractivity contribution in [2.45, 2.75) is 0 Å². The Morgan fingerprint density at radius 2 is 1.94 bits per heavy atom. The van der Waals surface area contributed by atoms with Gasteiger partial charge >= 0.3 is 13.3 Å². The van der Waals surface area contributed by atoms with E-state index in [2.05, 4.69) is 9.64 Å². The number of fused-ring (bicyclic) bond motifs is 1. The summed E-state index contributed by atoms with van der Waals surface area (Å²) in [4.78, 5) is 15.3. The van der Waals surface area contributed by atoms with E-state index >= 15 is 0 Å². The van der Waals surface area contributed by atoms with E-state index in [0.717, 1.165) is 5.39 Å². The first-order valence-corrected chi connectivity index (χ1v) is 4.60. The van der Waals surface area contributed by atoms with E-state index in [9.17, 15) is 4.79 Å². The van der Waals surface area contributed by atoms with Crippen LogP contribution in [0.2, 0.25) is 0 Å². The van der Waals surface area contributed by atoms with Crippen LogP contribution in [0.25, 0.3) is 10.9 Å². The Labute approximate surface area is 91.5 Å². The van der Waals surface area contributed by atoms with Crippen LogP contribution in [0.5, 0.6) is 0 Å². The lowest BCUT2D eigenvalue weighted by Crippen LogP contribution is -2.22. The first-order chi connectivity index (χ1) is 7.66. The van der Waals surface area contributed by atoms with Crippen LogP contribution in [0.15, 0.2) is 36.4 Å². The fourth-order valence-corrected chi connectivity index (χ4v) is 1.34. The summed E-state index contributed by atoms with van der Waals surface area (Å²) in [5.41, 5.74) is 0.677. The Morgan fingerprint density at radius 1 is 1.19 bits per heavy atom. The molecule has 0 fully saturated rings. The summed E-state index contributed by atoms with van der Waals surface area (Å²) in [6, 6.07) is 10.4. The second kappa shape index (κ2) is 4.30. The quantitative estimate of drug-likeness (QED) is 0.710. The van der Waals surface area contributed by atoms with Gasteiger partial charge in [0.05, 0.1) is 5.52 Å². The number of carbonyl (C=O) groups is 1. The molecule has 0 saturated heterocycles. The smallest absolute Gasteiger partial charge is 0.480 e. The molecular formula is C10H8BNO4. The van der Waals surface area contributed by atoms with Gasteiger partial charge in [0.1, 0.15) is 5.69 Å². The fourth-order valence-electron chi connectivity index (χ4n) is 1.34. The van der Waals surface area contributed by atoms with E-state index in [1.165, 1.54) is 6.07 Å². The second-order valence-electron chi connectivity index (χ2n) is 3.12. The van der Waals surface area contributed by atoms with Crippen LogP contribution in [-0.4, -0.2) is 28.3 Å². The van der Waals surface area contributed by atoms with Gasteiger partial charge in [-0.3, -0.25) is 0 Å². The number of hydrogen-bond acceptors (Lipinski definition) is 5. The minimum atomic E-state index is -2.12. The van der Waals surface area contributed by atoms with Crippen LogP contribution >= 0.6 is 0 Å². The third kappa shape index (κ3) is 2.18. The molecule has 1 aromatic heterocycles. The molecule has 0 spiro atoms. The topological polar surface area (TPSA) is 79.7 Å². The van der Waals surface area contributed by atoms with Gasteiger partial charge in [-0.15, -0.1) is 0 Å². The summed E-state index contributed by atoms with van der Waals surface area (Å²) in [5, 5.41) is 17.9. The first-order valence-electron chi connectivity index (χ1n) is 4.60. The van der Waals surface area contributed by atoms with Crippen molar-refractivity contribution in [1.82, 2.24) is 4.98 Å². The third-order valence-electron chi connectivity index (χ3n) is 2.02. The molecule has 0 unspecified atom stereocenters. The number of pyridine rings is 1. The zero-order valence-corrected chi connectivity index (χ0v) is 8.20. The number of nitrogens with zero attached hydrogens (tertiary/aromatic N) is 1. The van der Waals surface area contributed by atoms with Gasteiger partial charge in [0.2, 0.25) is 0 Å². The lowest BCUT2D eigenvalue weighted by atomic mass is 10.2. The highest BCUT2D eigenvalue weighted by Gasteiger charge is 2.18. The van der Waals surface area contributed by atoms with E-state index in [1.54, 1.807) is 18.2 Å². The molecule has 0 aliphatic rings. The molecule has 16 heavy (non-hydrogen) atoms. The van der Waals surface area contributed by atoms with Gasteiger partial charge in [0, 0.05) is 5.39 Å². The Morgan fingerprint density at radius 3 is 2.69 bits per heavy atom. The third-order valence-corrected chi connectivity index (χ3v) is 2.02. The van der Waals surface area contributed by atoms with Crippen molar-refractivity contribution in [3.05, 3.63) is 42.1 Å². The summed E-state index contributed by atoms with van der Waals surface area (Å²) in [6.45, 7) is 0. The number of aromatic nitrogens is 1. The Balaban J connectivity index is 2.35. The van der Waals surface area contributed by atoms with Crippen molar-refractivity contribution in [2.75, 3.05) is 0 Å². The first kappa shape index (κ1) is 10.6. The second-order valence-corrected chi connectivity index (χ2v) is 3.12. The lowest BCUT2D eigenvalue weighted by molar-refractivity contribution is 0.0642. The SMILES string of the molecule is O=C(OB(O)O)c1ccc2ccccc2n1. The highest BCUT2D eigenvalue weighted by Crippen LogP contribution is 2.12. The molecule has 6 heteroatoms. The molecule has 0 saturated carbocycles. The highest BCUT2D eigenvalue weighted by atomic mass is 16.6. The van der Waals surface area contributed by atoms with Gasteiger partial charge in [0.15, 0.2) is 0 Å². The van der Waals surface area contributed by atoms with E-state index in [-0.39, 0.29) is 5.69 Å². The summed E-state index contributed by atoms with van der Waals surface area (Å²) >= 11 is 0.